The number of anilines is 2. The molecule has 0 unspecified atom stereocenters. The molecule has 0 aliphatic carbocycles. The molecule has 23 heavy (non-hydrogen) atoms. The first-order valence-electron chi connectivity index (χ1n) is 7.46. The number of morpholine rings is 1. The van der Waals surface area contributed by atoms with Crippen LogP contribution in [0, 0.1) is 0 Å². The van der Waals surface area contributed by atoms with Gasteiger partial charge in [0.15, 0.2) is 0 Å². The third-order valence-electron chi connectivity index (χ3n) is 3.79. The van der Waals surface area contributed by atoms with Crippen LogP contribution < -0.4 is 16.0 Å². The smallest absolute Gasteiger partial charge is 0.253 e. The van der Waals surface area contributed by atoms with Crippen molar-refractivity contribution < 1.29 is 11.0 Å². The summed E-state index contributed by atoms with van der Waals surface area (Å²) in [4.78, 5) is 22.6. The molecule has 1 aromatic heterocycles. The molecule has 1 fully saturated rings. The molecule has 0 radical (unpaired) electrons. The summed E-state index contributed by atoms with van der Waals surface area (Å²) in [6.45, 7) is 2.99. The molecule has 1 aromatic carbocycles. The Morgan fingerprint density at radius 1 is 1.26 bits per heavy atom. The molecule has 0 spiro atoms. The molecule has 3 rings (SSSR count). The topological polar surface area (TPSA) is 93.4 Å². The van der Waals surface area contributed by atoms with E-state index < -0.39 is 0 Å². The van der Waals surface area contributed by atoms with Gasteiger partial charge in [-0.1, -0.05) is 6.07 Å². The lowest BCUT2D eigenvalue weighted by Gasteiger charge is -2.26. The zero-order valence-corrected chi connectivity index (χ0v) is 13.0. The summed E-state index contributed by atoms with van der Waals surface area (Å²) in [7, 11) is 1.58. The number of nitrogens with one attached hydrogen (secondary N) is 1. The number of nitrogens with zero attached hydrogens (tertiary/aromatic N) is 3. The lowest BCUT2D eigenvalue weighted by atomic mass is 10.0. The number of aromatic nitrogens is 2. The predicted octanol–water partition coefficient (Wildman–Crippen LogP) is 1.17. The number of nitrogen functional groups attached to an aromatic ring is 1. The molecule has 2 aromatic rings. The van der Waals surface area contributed by atoms with E-state index in [-0.39, 0.29) is 7.33 Å². The van der Waals surface area contributed by atoms with Crippen LogP contribution in [-0.2, 0) is 4.74 Å². The van der Waals surface area contributed by atoms with E-state index in [2.05, 4.69) is 20.2 Å². The molecule has 122 valence electrons. The van der Waals surface area contributed by atoms with Crippen LogP contribution in [0.5, 0.6) is 0 Å². The summed E-state index contributed by atoms with van der Waals surface area (Å²) in [5.74, 6) is 0.500. The van der Waals surface area contributed by atoms with Crippen molar-refractivity contribution >= 4 is 17.5 Å². The Bertz CT molecular complexity index is 702. The molecule has 0 atom stereocenters. The zero-order chi connectivity index (χ0) is 16.2. The number of amides is 1. The van der Waals surface area contributed by atoms with E-state index in [1.165, 1.54) is 0 Å². The summed E-state index contributed by atoms with van der Waals surface area (Å²) < 4.78 is 5.32. The highest BCUT2D eigenvalue weighted by Gasteiger charge is 2.14. The minimum Gasteiger partial charge on any atom is -0.398 e. The van der Waals surface area contributed by atoms with Crippen LogP contribution >= 0.6 is 0 Å². The fourth-order valence-corrected chi connectivity index (χ4v) is 2.48. The van der Waals surface area contributed by atoms with E-state index in [0.717, 1.165) is 24.2 Å². The Kier molecular flexibility index (Phi) is 4.38. The van der Waals surface area contributed by atoms with Crippen molar-refractivity contribution in [3.8, 4) is 11.1 Å². The molecule has 7 heteroatoms. The normalized spacial score (nSPS) is 14.6. The van der Waals surface area contributed by atoms with Gasteiger partial charge < -0.3 is 20.7 Å². The number of rotatable bonds is 3. The van der Waals surface area contributed by atoms with Crippen LogP contribution in [0.2, 0.25) is 0 Å². The summed E-state index contributed by atoms with van der Waals surface area (Å²) in [6.07, 6.45) is 3.54. The molecule has 0 saturated carbocycles. The second-order valence-corrected chi connectivity index (χ2v) is 5.25. The highest BCUT2D eigenvalue weighted by molar-refractivity contribution is 5.99. The molecule has 1 amide bonds. The number of hydrogen-bond acceptors (Lipinski definition) is 6. The largest absolute Gasteiger partial charge is 0.398 e. The van der Waals surface area contributed by atoms with E-state index >= 15 is 0 Å². The van der Waals surface area contributed by atoms with E-state index in [4.69, 9.17) is 10.5 Å². The highest BCUT2D eigenvalue weighted by atomic mass is 16.5. The van der Waals surface area contributed by atoms with E-state index in [9.17, 15) is 4.79 Å². The van der Waals surface area contributed by atoms with Gasteiger partial charge in [-0.05, 0) is 17.7 Å². The van der Waals surface area contributed by atoms with Crippen molar-refractivity contribution in [2.45, 2.75) is 0 Å². The molecule has 1 saturated heterocycles. The monoisotopic (exact) mass is 315 g/mol. The van der Waals surface area contributed by atoms with Crippen LogP contribution in [0.4, 0.5) is 11.6 Å². The van der Waals surface area contributed by atoms with Crippen LogP contribution in [0.15, 0.2) is 30.6 Å². The van der Waals surface area contributed by atoms with Gasteiger partial charge in [0, 0.05) is 45.2 Å². The Balaban J connectivity index is 0.00000208. The van der Waals surface area contributed by atoms with Crippen molar-refractivity contribution in [1.29, 1.82) is 0 Å². The molecule has 2 heterocycles. The molecule has 7 nitrogen and oxygen atoms in total. The van der Waals surface area contributed by atoms with Crippen molar-refractivity contribution in [3.63, 3.8) is 0 Å². The van der Waals surface area contributed by atoms with Gasteiger partial charge in [0.05, 0.1) is 18.8 Å². The van der Waals surface area contributed by atoms with Crippen LogP contribution in [0.1, 0.15) is 11.8 Å². The Labute approximate surface area is 136 Å². The number of ether oxygens (including phenoxy) is 1. The third-order valence-corrected chi connectivity index (χ3v) is 3.79. The first-order valence-corrected chi connectivity index (χ1v) is 7.46. The summed E-state index contributed by atoms with van der Waals surface area (Å²) in [5.41, 5.74) is 8.59. The van der Waals surface area contributed by atoms with Gasteiger partial charge in [-0.15, -0.1) is 0 Å². The molecular formula is C16H21N5O2. The molecule has 1 aliphatic rings. The SMILES string of the molecule is CNC(=O)c1ccc(-c2cnc(N3CCOCC3)nc2)cc1N.[HH]. The van der Waals surface area contributed by atoms with Crippen molar-refractivity contribution in [1.82, 2.24) is 15.3 Å². The Morgan fingerprint density at radius 3 is 2.57 bits per heavy atom. The second kappa shape index (κ2) is 6.62. The Morgan fingerprint density at radius 2 is 1.96 bits per heavy atom. The molecule has 1 aliphatic heterocycles. The standard InChI is InChI=1S/C16H19N5O2.H2/c1-18-15(22)13-3-2-11(8-14(13)17)12-9-19-16(20-10-12)21-4-6-23-7-5-21;/h2-3,8-10H,4-7,17H2,1H3,(H,18,22);1H. The number of carbonyl (C=O) groups is 1. The first-order chi connectivity index (χ1) is 11.2. The minimum atomic E-state index is -0.201. The quantitative estimate of drug-likeness (QED) is 0.826. The van der Waals surface area contributed by atoms with Gasteiger partial charge in [-0.25, -0.2) is 9.97 Å². The lowest BCUT2D eigenvalue weighted by molar-refractivity contribution is 0.0964. The van der Waals surface area contributed by atoms with Crippen LogP contribution in [0.3, 0.4) is 0 Å². The van der Waals surface area contributed by atoms with Crippen LogP contribution in [0.25, 0.3) is 11.1 Å². The van der Waals surface area contributed by atoms with Gasteiger partial charge in [-0.3, -0.25) is 4.79 Å². The van der Waals surface area contributed by atoms with Crippen molar-refractivity contribution in [3.05, 3.63) is 36.2 Å². The van der Waals surface area contributed by atoms with Crippen molar-refractivity contribution in [2.24, 2.45) is 0 Å². The average molecular weight is 315 g/mol. The average Bonchev–Trinajstić information content (AvgIpc) is 2.62. The lowest BCUT2D eigenvalue weighted by Crippen LogP contribution is -2.37. The van der Waals surface area contributed by atoms with Crippen LogP contribution in [-0.4, -0.2) is 49.2 Å². The van der Waals surface area contributed by atoms with Gasteiger partial charge in [0.2, 0.25) is 5.95 Å². The van der Waals surface area contributed by atoms with Gasteiger partial charge in [0.25, 0.3) is 5.91 Å². The minimum absolute atomic E-state index is 0. The number of hydrogen-bond donors (Lipinski definition) is 2. The number of nitrogens with two attached hydrogens (primary N) is 1. The molecular weight excluding hydrogens is 294 g/mol. The molecule has 3 N–H and O–H groups in total. The fourth-order valence-electron chi connectivity index (χ4n) is 2.48. The Hall–Kier alpha value is -2.67. The zero-order valence-electron chi connectivity index (χ0n) is 13.0. The first kappa shape index (κ1) is 15.2. The third kappa shape index (κ3) is 3.24. The summed E-state index contributed by atoms with van der Waals surface area (Å²) >= 11 is 0. The van der Waals surface area contributed by atoms with E-state index in [1.807, 2.05) is 6.07 Å². The van der Waals surface area contributed by atoms with Gasteiger partial charge in [0.1, 0.15) is 0 Å². The maximum atomic E-state index is 11.7. The second-order valence-electron chi connectivity index (χ2n) is 5.25. The summed E-state index contributed by atoms with van der Waals surface area (Å²) in [5, 5.41) is 2.57. The summed E-state index contributed by atoms with van der Waals surface area (Å²) in [6, 6.07) is 5.31. The van der Waals surface area contributed by atoms with E-state index in [0.29, 0.717) is 30.4 Å². The van der Waals surface area contributed by atoms with Crippen molar-refractivity contribution in [2.75, 3.05) is 44.0 Å². The van der Waals surface area contributed by atoms with Gasteiger partial charge in [-0.2, -0.15) is 0 Å². The van der Waals surface area contributed by atoms with E-state index in [1.54, 1.807) is 31.6 Å². The van der Waals surface area contributed by atoms with Gasteiger partial charge >= 0.3 is 0 Å². The predicted molar refractivity (Wildman–Crippen MR) is 90.4 cm³/mol. The highest BCUT2D eigenvalue weighted by Crippen LogP contribution is 2.24. The maximum absolute atomic E-state index is 11.7. The number of carbonyl (C=O) groups excluding carboxylic acids is 1. The number of benzene rings is 1. The maximum Gasteiger partial charge on any atom is 0.253 e. The molecule has 0 bridgehead atoms. The fraction of sp³-hybridized carbons (Fsp3) is 0.312.